The summed E-state index contributed by atoms with van der Waals surface area (Å²) in [5.74, 6) is -0.564. The van der Waals surface area contributed by atoms with E-state index in [1.807, 2.05) is 0 Å². The Hall–Kier alpha value is -1.84. The van der Waals surface area contributed by atoms with Crippen LogP contribution in [0.3, 0.4) is 0 Å². The van der Waals surface area contributed by atoms with Crippen LogP contribution in [0.2, 0.25) is 0 Å². The Labute approximate surface area is 74.0 Å². The molecule has 0 radical (unpaired) electrons. The van der Waals surface area contributed by atoms with Gasteiger partial charge in [0.05, 0.1) is 6.07 Å². The van der Waals surface area contributed by atoms with E-state index in [1.54, 1.807) is 24.4 Å². The maximum atomic E-state index is 11.1. The fraction of sp³-hybridized carbons (Fsp3) is 0.111. The smallest absolute Gasteiger partial charge is 0.382 e. The van der Waals surface area contributed by atoms with Gasteiger partial charge >= 0.3 is 17.4 Å². The van der Waals surface area contributed by atoms with E-state index < -0.39 is 0 Å². The minimum Gasteiger partial charge on any atom is -0.476 e. The van der Waals surface area contributed by atoms with E-state index >= 15 is 0 Å². The molecule has 0 saturated carbocycles. The topological polar surface area (TPSA) is 54.5 Å². The van der Waals surface area contributed by atoms with Gasteiger partial charge in [-0.05, 0) is 6.07 Å². The molecule has 66 valence electrons. The largest absolute Gasteiger partial charge is 0.476 e. The molecule has 0 amide bonds. The van der Waals surface area contributed by atoms with Gasteiger partial charge < -0.3 is 9.52 Å². The van der Waals surface area contributed by atoms with Crippen molar-refractivity contribution in [1.82, 2.24) is 0 Å². The first kappa shape index (κ1) is 7.79. The third-order valence-electron chi connectivity index (χ3n) is 1.80. The molecule has 1 N–H and O–H groups in total. The second-order valence-corrected chi connectivity index (χ2v) is 2.72. The minimum absolute atomic E-state index is 0.176. The Morgan fingerprint density at radius 3 is 3.00 bits per heavy atom. The Morgan fingerprint density at radius 1 is 1.54 bits per heavy atom. The molecule has 2 aromatic rings. The summed E-state index contributed by atoms with van der Waals surface area (Å²) in [5, 5.41) is 9.30. The summed E-state index contributed by atoms with van der Waals surface area (Å²) in [6.07, 6.45) is 1.66. The van der Waals surface area contributed by atoms with Crippen molar-refractivity contribution in [2.75, 3.05) is 0 Å². The van der Waals surface area contributed by atoms with Gasteiger partial charge in [0.25, 0.3) is 0 Å². The SMILES string of the molecule is CC(=O)c1c(O)oc2cccc[n+]12. The Bertz CT molecular complexity index is 473. The van der Waals surface area contributed by atoms with Crippen LogP contribution in [0.1, 0.15) is 17.4 Å². The predicted octanol–water partition coefficient (Wildman–Crippen LogP) is 0.926. The summed E-state index contributed by atoms with van der Waals surface area (Å²) in [6, 6.07) is 5.20. The van der Waals surface area contributed by atoms with Crippen LogP contribution in [-0.4, -0.2) is 10.9 Å². The van der Waals surface area contributed by atoms with Gasteiger partial charge in [-0.3, -0.25) is 4.79 Å². The second-order valence-electron chi connectivity index (χ2n) is 2.72. The number of carbonyl (C=O) groups excluding carboxylic acids is 1. The molecule has 0 bridgehead atoms. The van der Waals surface area contributed by atoms with Crippen LogP contribution in [-0.2, 0) is 0 Å². The van der Waals surface area contributed by atoms with Gasteiger partial charge in [0.15, 0.2) is 6.20 Å². The molecule has 4 nitrogen and oxygen atoms in total. The van der Waals surface area contributed by atoms with Crippen molar-refractivity contribution in [1.29, 1.82) is 0 Å². The minimum atomic E-state index is -0.335. The number of carbonyl (C=O) groups is 1. The Morgan fingerprint density at radius 2 is 2.31 bits per heavy atom. The number of aromatic hydroxyl groups is 1. The zero-order valence-corrected chi connectivity index (χ0v) is 7.02. The standard InChI is InChI=1S/C9H7NO3/c1-6(11)8-9(12)13-7-4-2-3-5-10(7)8/h2-5H,1H3/p+1. The number of aromatic nitrogens is 1. The van der Waals surface area contributed by atoms with Gasteiger partial charge in [-0.25, -0.2) is 0 Å². The first-order chi connectivity index (χ1) is 6.20. The molecule has 13 heavy (non-hydrogen) atoms. The van der Waals surface area contributed by atoms with Crippen LogP contribution in [0.15, 0.2) is 28.8 Å². The number of hydrogen-bond donors (Lipinski definition) is 1. The molecule has 4 heteroatoms. The van der Waals surface area contributed by atoms with Gasteiger partial charge in [0, 0.05) is 13.0 Å². The van der Waals surface area contributed by atoms with Gasteiger partial charge in [0.1, 0.15) is 0 Å². The van der Waals surface area contributed by atoms with Gasteiger partial charge in [-0.1, -0.05) is 0 Å². The highest BCUT2D eigenvalue weighted by Gasteiger charge is 2.25. The summed E-state index contributed by atoms with van der Waals surface area (Å²) in [5.41, 5.74) is 0.626. The molecule has 2 heterocycles. The number of rotatable bonds is 1. The van der Waals surface area contributed by atoms with Crippen molar-refractivity contribution in [3.8, 4) is 5.95 Å². The first-order valence-electron chi connectivity index (χ1n) is 3.83. The van der Waals surface area contributed by atoms with Crippen molar-refractivity contribution in [3.05, 3.63) is 30.1 Å². The molecule has 0 aliphatic heterocycles. The second kappa shape index (κ2) is 2.58. The quantitative estimate of drug-likeness (QED) is 0.522. The van der Waals surface area contributed by atoms with Gasteiger partial charge in [-0.2, -0.15) is 0 Å². The van der Waals surface area contributed by atoms with E-state index in [9.17, 15) is 9.90 Å². The molecule has 0 unspecified atom stereocenters. The summed E-state index contributed by atoms with van der Waals surface area (Å²) in [4.78, 5) is 11.1. The zero-order valence-electron chi connectivity index (χ0n) is 7.02. The maximum absolute atomic E-state index is 11.1. The number of ketones is 1. The summed E-state index contributed by atoms with van der Waals surface area (Å²) in [6.45, 7) is 1.38. The number of hydrogen-bond acceptors (Lipinski definition) is 3. The lowest BCUT2D eigenvalue weighted by Crippen LogP contribution is -2.25. The lowest BCUT2D eigenvalue weighted by Gasteiger charge is -1.82. The molecule has 2 aromatic heterocycles. The van der Waals surface area contributed by atoms with Crippen LogP contribution in [0.4, 0.5) is 0 Å². The van der Waals surface area contributed by atoms with Crippen LogP contribution in [0.5, 0.6) is 5.95 Å². The first-order valence-corrected chi connectivity index (χ1v) is 3.83. The molecule has 0 spiro atoms. The van der Waals surface area contributed by atoms with Crippen LogP contribution >= 0.6 is 0 Å². The summed E-state index contributed by atoms with van der Waals surface area (Å²) in [7, 11) is 0. The number of Topliss-reactive ketones (excluding diaryl/α,β-unsaturated/α-hetero) is 1. The van der Waals surface area contributed by atoms with Crippen molar-refractivity contribution in [3.63, 3.8) is 0 Å². The highest BCUT2D eigenvalue weighted by molar-refractivity contribution is 5.92. The summed E-state index contributed by atoms with van der Waals surface area (Å²) >= 11 is 0. The Kier molecular flexibility index (Phi) is 1.55. The van der Waals surface area contributed by atoms with E-state index in [0.717, 1.165) is 0 Å². The molecule has 0 aliphatic rings. The molecule has 0 atom stereocenters. The average Bonchev–Trinajstić information content (AvgIpc) is 2.39. The number of oxazole rings is 1. The van der Waals surface area contributed by atoms with Gasteiger partial charge in [0.2, 0.25) is 5.78 Å². The number of fused-ring (bicyclic) bond motifs is 1. The molecule has 0 aromatic carbocycles. The van der Waals surface area contributed by atoms with Crippen LogP contribution < -0.4 is 4.40 Å². The molecular formula is C9H8NO3+. The van der Waals surface area contributed by atoms with E-state index in [-0.39, 0.29) is 17.4 Å². The lowest BCUT2D eigenvalue weighted by molar-refractivity contribution is -0.516. The number of pyridine rings is 1. The molecule has 0 fully saturated rings. The normalized spacial score (nSPS) is 10.5. The van der Waals surface area contributed by atoms with Crippen molar-refractivity contribution >= 4 is 11.5 Å². The van der Waals surface area contributed by atoms with Crippen molar-refractivity contribution in [2.45, 2.75) is 6.92 Å². The van der Waals surface area contributed by atoms with Crippen molar-refractivity contribution in [2.24, 2.45) is 0 Å². The van der Waals surface area contributed by atoms with Crippen LogP contribution in [0.25, 0.3) is 5.71 Å². The van der Waals surface area contributed by atoms with E-state index in [1.165, 1.54) is 11.3 Å². The molecule has 0 aliphatic carbocycles. The summed E-state index contributed by atoms with van der Waals surface area (Å²) < 4.78 is 6.47. The lowest BCUT2D eigenvalue weighted by atomic mass is 10.3. The fourth-order valence-electron chi connectivity index (χ4n) is 1.27. The maximum Gasteiger partial charge on any atom is 0.382 e. The number of nitrogens with zero attached hydrogens (tertiary/aromatic N) is 1. The zero-order chi connectivity index (χ0) is 9.42. The highest BCUT2D eigenvalue weighted by Crippen LogP contribution is 2.16. The van der Waals surface area contributed by atoms with E-state index in [0.29, 0.717) is 5.71 Å². The predicted molar refractivity (Wildman–Crippen MR) is 43.5 cm³/mol. The monoisotopic (exact) mass is 178 g/mol. The van der Waals surface area contributed by atoms with Crippen LogP contribution in [0, 0.1) is 0 Å². The van der Waals surface area contributed by atoms with Crippen molar-refractivity contribution < 1.29 is 18.7 Å². The third-order valence-corrected chi connectivity index (χ3v) is 1.80. The average molecular weight is 178 g/mol. The highest BCUT2D eigenvalue weighted by atomic mass is 16.5. The molecule has 2 rings (SSSR count). The molecule has 0 saturated heterocycles. The third kappa shape index (κ3) is 1.07. The molecular weight excluding hydrogens is 170 g/mol. The van der Waals surface area contributed by atoms with Gasteiger partial charge in [-0.15, -0.1) is 4.40 Å². The Balaban J connectivity index is 2.86. The van der Waals surface area contributed by atoms with E-state index in [2.05, 4.69) is 0 Å². The van der Waals surface area contributed by atoms with E-state index in [4.69, 9.17) is 4.42 Å². The fourth-order valence-corrected chi connectivity index (χ4v) is 1.27.